The SMILES string of the molecule is C=CC(=O)COC(=O)c1ccc(Sc2ccc(C(=O)OCC(=O)C=C)c(C(=O)Nc3cccc(C(=O)Nc4ccc(NC(=O)c5cccc(C)c5)c5ccccc45)c3)c2)cc1C(=O)NC. The van der Waals surface area contributed by atoms with Crippen molar-refractivity contribution in [2.75, 3.05) is 36.2 Å². The molecule has 6 rings (SSSR count). The van der Waals surface area contributed by atoms with Gasteiger partial charge in [0.15, 0.2) is 24.8 Å². The van der Waals surface area contributed by atoms with Gasteiger partial charge in [0.1, 0.15) is 0 Å². The Labute approximate surface area is 377 Å². The summed E-state index contributed by atoms with van der Waals surface area (Å²) in [5.41, 5.74) is 2.38. The fraction of sp³-hybridized carbons (Fsp3) is 0.0800. The van der Waals surface area contributed by atoms with Crippen LogP contribution in [0.2, 0.25) is 0 Å². The molecule has 326 valence electrons. The second kappa shape index (κ2) is 21.1. The molecule has 0 aliphatic rings. The number of aryl methyl sites for hydroxylation is 1. The molecule has 0 heterocycles. The van der Waals surface area contributed by atoms with E-state index in [1.165, 1.54) is 49.5 Å². The Morgan fingerprint density at radius 1 is 0.523 bits per heavy atom. The van der Waals surface area contributed by atoms with E-state index in [4.69, 9.17) is 9.47 Å². The van der Waals surface area contributed by atoms with Crippen LogP contribution in [-0.2, 0) is 19.1 Å². The molecule has 0 aromatic heterocycles. The molecule has 0 fully saturated rings. The van der Waals surface area contributed by atoms with Gasteiger partial charge in [-0.25, -0.2) is 9.59 Å². The summed E-state index contributed by atoms with van der Waals surface area (Å²) in [6.45, 7) is 7.44. The molecule has 4 N–H and O–H groups in total. The lowest BCUT2D eigenvalue weighted by atomic mass is 10.1. The quantitative estimate of drug-likeness (QED) is 0.0507. The van der Waals surface area contributed by atoms with Crippen molar-refractivity contribution in [3.8, 4) is 0 Å². The zero-order chi connectivity index (χ0) is 46.6. The number of carbonyl (C=O) groups is 8. The van der Waals surface area contributed by atoms with Gasteiger partial charge in [-0.15, -0.1) is 0 Å². The summed E-state index contributed by atoms with van der Waals surface area (Å²) in [7, 11) is 1.38. The first-order chi connectivity index (χ1) is 31.3. The number of hydrogen-bond acceptors (Lipinski definition) is 11. The molecule has 0 aliphatic heterocycles. The molecule has 6 aromatic carbocycles. The van der Waals surface area contributed by atoms with Crippen molar-refractivity contribution in [1.82, 2.24) is 5.32 Å². The maximum Gasteiger partial charge on any atom is 0.339 e. The molecule has 65 heavy (non-hydrogen) atoms. The molecule has 0 aliphatic carbocycles. The van der Waals surface area contributed by atoms with E-state index in [2.05, 4.69) is 34.4 Å². The van der Waals surface area contributed by atoms with E-state index in [-0.39, 0.29) is 39.4 Å². The number of esters is 2. The number of ether oxygens (including phenoxy) is 2. The summed E-state index contributed by atoms with van der Waals surface area (Å²) in [4.78, 5) is 104. The topological polar surface area (TPSA) is 203 Å². The van der Waals surface area contributed by atoms with E-state index in [9.17, 15) is 38.4 Å². The van der Waals surface area contributed by atoms with Crippen molar-refractivity contribution in [2.24, 2.45) is 0 Å². The third-order valence-electron chi connectivity index (χ3n) is 9.60. The number of nitrogens with one attached hydrogen (secondary N) is 4. The molecule has 15 heteroatoms. The van der Waals surface area contributed by atoms with E-state index in [0.717, 1.165) is 29.5 Å². The normalized spacial score (nSPS) is 10.5. The van der Waals surface area contributed by atoms with Crippen LogP contribution in [0.5, 0.6) is 0 Å². The van der Waals surface area contributed by atoms with E-state index < -0.39 is 54.4 Å². The van der Waals surface area contributed by atoms with Crippen LogP contribution in [0, 0.1) is 6.92 Å². The maximum absolute atomic E-state index is 14.0. The number of anilines is 3. The van der Waals surface area contributed by atoms with Gasteiger partial charge in [0.25, 0.3) is 23.6 Å². The van der Waals surface area contributed by atoms with Gasteiger partial charge in [-0.2, -0.15) is 0 Å². The third-order valence-corrected chi connectivity index (χ3v) is 10.6. The molecule has 0 saturated carbocycles. The maximum atomic E-state index is 14.0. The van der Waals surface area contributed by atoms with Crippen LogP contribution in [0.4, 0.5) is 17.1 Å². The smallest absolute Gasteiger partial charge is 0.339 e. The number of ketones is 2. The van der Waals surface area contributed by atoms with Crippen LogP contribution in [0.15, 0.2) is 156 Å². The monoisotopic (exact) mass is 888 g/mol. The minimum Gasteiger partial charge on any atom is -0.454 e. The molecule has 0 bridgehead atoms. The molecule has 0 atom stereocenters. The first-order valence-corrected chi connectivity index (χ1v) is 20.6. The minimum atomic E-state index is -0.970. The highest BCUT2D eigenvalue weighted by Crippen LogP contribution is 2.33. The van der Waals surface area contributed by atoms with Gasteiger partial charge >= 0.3 is 11.9 Å². The van der Waals surface area contributed by atoms with Crippen molar-refractivity contribution < 1.29 is 47.8 Å². The highest BCUT2D eigenvalue weighted by molar-refractivity contribution is 7.99. The van der Waals surface area contributed by atoms with Gasteiger partial charge in [0, 0.05) is 55.8 Å². The Morgan fingerprint density at radius 3 is 1.51 bits per heavy atom. The van der Waals surface area contributed by atoms with Gasteiger partial charge < -0.3 is 30.7 Å². The Bertz CT molecular complexity index is 2940. The zero-order valence-corrected chi connectivity index (χ0v) is 35.8. The fourth-order valence-corrected chi connectivity index (χ4v) is 7.25. The van der Waals surface area contributed by atoms with Crippen molar-refractivity contribution in [3.05, 3.63) is 186 Å². The number of hydrogen-bond donors (Lipinski definition) is 4. The standard InChI is InChI=1S/C50H40N4O10S/c1-5-33(55)27-63-49(61)39-19-17-35(25-41(39)47(59)51-4)65-36-18-20-40(50(62)64-28-34(56)6-2)42(26-36)48(60)52-32-14-10-13-31(24-32)46(58)54-44-22-21-43(37-15-7-8-16-38(37)44)53-45(57)30-12-9-11-29(3)23-30/h5-26H,1-2,27-28H2,3-4H3,(H,51,59)(H,52,60)(H,53,57)(H,54,58). The Morgan fingerprint density at radius 2 is 1.02 bits per heavy atom. The lowest BCUT2D eigenvalue weighted by Gasteiger charge is -2.15. The number of carbonyl (C=O) groups excluding carboxylic acids is 8. The predicted molar refractivity (Wildman–Crippen MR) is 247 cm³/mol. The highest BCUT2D eigenvalue weighted by atomic mass is 32.2. The van der Waals surface area contributed by atoms with Crippen LogP contribution in [-0.4, -0.2) is 67.4 Å². The number of benzene rings is 6. The lowest BCUT2D eigenvalue weighted by Crippen LogP contribution is -2.22. The zero-order valence-electron chi connectivity index (χ0n) is 35.0. The molecular weight excluding hydrogens is 849 g/mol. The minimum absolute atomic E-state index is 0.0462. The van der Waals surface area contributed by atoms with Gasteiger partial charge in [0.05, 0.1) is 22.3 Å². The first-order valence-electron chi connectivity index (χ1n) is 19.7. The van der Waals surface area contributed by atoms with Crippen LogP contribution >= 0.6 is 11.8 Å². The average Bonchev–Trinajstić information content (AvgIpc) is 3.32. The van der Waals surface area contributed by atoms with Crippen LogP contribution in [0.1, 0.15) is 67.7 Å². The molecule has 4 amide bonds. The van der Waals surface area contributed by atoms with Gasteiger partial charge in [0.2, 0.25) is 0 Å². The number of fused-ring (bicyclic) bond motifs is 1. The van der Waals surface area contributed by atoms with Gasteiger partial charge in [-0.05, 0) is 97.9 Å². The van der Waals surface area contributed by atoms with Crippen molar-refractivity contribution in [2.45, 2.75) is 16.7 Å². The average molecular weight is 889 g/mol. The second-order valence-electron chi connectivity index (χ2n) is 14.1. The largest absolute Gasteiger partial charge is 0.454 e. The molecule has 0 unspecified atom stereocenters. The Balaban J connectivity index is 1.24. The van der Waals surface area contributed by atoms with E-state index in [1.807, 2.05) is 37.3 Å². The molecular formula is C50H40N4O10S. The summed E-state index contributed by atoms with van der Waals surface area (Å²) in [6.07, 6.45) is 2.00. The lowest BCUT2D eigenvalue weighted by molar-refractivity contribution is -0.118. The third kappa shape index (κ3) is 11.5. The molecule has 0 saturated heterocycles. The summed E-state index contributed by atoms with van der Waals surface area (Å²) in [6, 6.07) is 32.6. The highest BCUT2D eigenvalue weighted by Gasteiger charge is 2.23. The van der Waals surface area contributed by atoms with Crippen molar-refractivity contribution in [3.63, 3.8) is 0 Å². The number of amides is 4. The van der Waals surface area contributed by atoms with Crippen LogP contribution < -0.4 is 21.3 Å². The molecule has 0 spiro atoms. The first kappa shape index (κ1) is 46.1. The van der Waals surface area contributed by atoms with E-state index in [1.54, 1.807) is 48.5 Å². The summed E-state index contributed by atoms with van der Waals surface area (Å²) >= 11 is 1.09. The summed E-state index contributed by atoms with van der Waals surface area (Å²) in [5.74, 6) is -5.12. The molecule has 0 radical (unpaired) electrons. The summed E-state index contributed by atoms with van der Waals surface area (Å²) in [5, 5.41) is 12.4. The number of rotatable bonds is 17. The van der Waals surface area contributed by atoms with E-state index >= 15 is 0 Å². The second-order valence-corrected chi connectivity index (χ2v) is 15.3. The Hall–Kier alpha value is -8.43. The Kier molecular flexibility index (Phi) is 15.0. The van der Waals surface area contributed by atoms with Crippen LogP contribution in [0.25, 0.3) is 10.8 Å². The van der Waals surface area contributed by atoms with Crippen molar-refractivity contribution in [1.29, 1.82) is 0 Å². The predicted octanol–water partition coefficient (Wildman–Crippen LogP) is 8.24. The fourth-order valence-electron chi connectivity index (χ4n) is 6.35. The van der Waals surface area contributed by atoms with Gasteiger partial charge in [-0.1, -0.05) is 72.9 Å². The molecule has 14 nitrogen and oxygen atoms in total. The van der Waals surface area contributed by atoms with Crippen LogP contribution in [0.3, 0.4) is 0 Å². The molecule has 6 aromatic rings. The van der Waals surface area contributed by atoms with Crippen molar-refractivity contribution >= 4 is 86.7 Å². The van der Waals surface area contributed by atoms with Gasteiger partial charge in [-0.3, -0.25) is 28.8 Å². The summed E-state index contributed by atoms with van der Waals surface area (Å²) < 4.78 is 10.2. The van der Waals surface area contributed by atoms with E-state index in [0.29, 0.717) is 37.5 Å².